The molecule has 0 heterocycles. The first-order valence-electron chi connectivity index (χ1n) is 10.1. The molecule has 0 aliphatic rings. The molecule has 2 aromatic carbocycles. The summed E-state index contributed by atoms with van der Waals surface area (Å²) in [5.74, 6) is 0.769. The first-order chi connectivity index (χ1) is 14.4. The summed E-state index contributed by atoms with van der Waals surface area (Å²) in [6.07, 6.45) is 1.83. The molecular formula is C23H29N3O3S. The van der Waals surface area contributed by atoms with Gasteiger partial charge >= 0.3 is 0 Å². The van der Waals surface area contributed by atoms with E-state index < -0.39 is 0 Å². The highest BCUT2D eigenvalue weighted by molar-refractivity contribution is 7.80. The number of rotatable bonds is 9. The fourth-order valence-electron chi connectivity index (χ4n) is 2.52. The minimum Gasteiger partial charge on any atom is -0.494 e. The van der Waals surface area contributed by atoms with Crippen LogP contribution < -0.4 is 20.7 Å². The fraction of sp³-hybridized carbons (Fsp3) is 0.348. The monoisotopic (exact) mass is 427 g/mol. The van der Waals surface area contributed by atoms with E-state index in [1.165, 1.54) is 0 Å². The lowest BCUT2D eigenvalue weighted by molar-refractivity contribution is 0.0951. The van der Waals surface area contributed by atoms with Gasteiger partial charge in [-0.05, 0) is 73.4 Å². The first kappa shape index (κ1) is 23.3. The summed E-state index contributed by atoms with van der Waals surface area (Å²) >= 11 is 5.23. The summed E-state index contributed by atoms with van der Waals surface area (Å²) in [5.41, 5.74) is 1.71. The second kappa shape index (κ2) is 11.9. The van der Waals surface area contributed by atoms with Crippen LogP contribution in [-0.4, -0.2) is 30.1 Å². The van der Waals surface area contributed by atoms with Crippen molar-refractivity contribution in [3.63, 3.8) is 0 Å². The van der Waals surface area contributed by atoms with Crippen LogP contribution in [0.15, 0.2) is 48.5 Å². The molecule has 2 rings (SSSR count). The molecule has 0 unspecified atom stereocenters. The Morgan fingerprint density at radius 1 is 1.03 bits per heavy atom. The topological polar surface area (TPSA) is 79.5 Å². The van der Waals surface area contributed by atoms with Crippen molar-refractivity contribution in [1.29, 1.82) is 0 Å². The lowest BCUT2D eigenvalue weighted by atomic mass is 10.1. The molecule has 0 saturated carbocycles. The molecule has 160 valence electrons. The third kappa shape index (κ3) is 7.83. The predicted molar refractivity (Wildman–Crippen MR) is 124 cm³/mol. The van der Waals surface area contributed by atoms with E-state index in [-0.39, 0.29) is 16.9 Å². The van der Waals surface area contributed by atoms with Crippen molar-refractivity contribution in [2.75, 3.05) is 18.5 Å². The predicted octanol–water partition coefficient (Wildman–Crippen LogP) is 4.38. The molecular weight excluding hydrogens is 398 g/mol. The molecule has 2 aromatic rings. The highest BCUT2D eigenvalue weighted by atomic mass is 32.1. The van der Waals surface area contributed by atoms with Crippen molar-refractivity contribution in [1.82, 2.24) is 10.6 Å². The number of nitrogens with one attached hydrogen (secondary N) is 3. The zero-order valence-electron chi connectivity index (χ0n) is 17.7. The number of ether oxygens (including phenoxy) is 1. The van der Waals surface area contributed by atoms with Gasteiger partial charge in [0.05, 0.1) is 6.61 Å². The van der Waals surface area contributed by atoms with E-state index in [2.05, 4.69) is 29.8 Å². The van der Waals surface area contributed by atoms with Gasteiger partial charge in [-0.15, -0.1) is 0 Å². The zero-order chi connectivity index (χ0) is 21.9. The van der Waals surface area contributed by atoms with E-state index in [0.29, 0.717) is 41.6 Å². The zero-order valence-corrected chi connectivity index (χ0v) is 18.5. The van der Waals surface area contributed by atoms with E-state index in [9.17, 15) is 9.59 Å². The van der Waals surface area contributed by atoms with Crippen LogP contribution in [0.4, 0.5) is 5.69 Å². The van der Waals surface area contributed by atoms with Gasteiger partial charge in [-0.25, -0.2) is 0 Å². The third-order valence-electron chi connectivity index (χ3n) is 4.23. The summed E-state index contributed by atoms with van der Waals surface area (Å²) in [6, 6.07) is 13.9. The standard InChI is InChI=1S/C23H29N3O3S/c1-4-13-24-21(27)17-8-10-19(11-9-17)25-23(30)26-22(28)18-6-5-7-20(15-18)29-14-12-16(2)3/h5-11,15-16H,4,12-14H2,1-3H3,(H,24,27)(H2,25,26,28,30). The number of thiocarbonyl (C=S) groups is 1. The number of anilines is 1. The highest BCUT2D eigenvalue weighted by Crippen LogP contribution is 2.15. The van der Waals surface area contributed by atoms with Crippen LogP contribution in [0, 0.1) is 5.92 Å². The second-order valence-electron chi connectivity index (χ2n) is 7.30. The maximum absolute atomic E-state index is 12.5. The van der Waals surface area contributed by atoms with Crippen LogP contribution in [-0.2, 0) is 0 Å². The molecule has 0 bridgehead atoms. The molecule has 7 heteroatoms. The molecule has 0 atom stereocenters. The Kier molecular flexibility index (Phi) is 9.28. The van der Waals surface area contributed by atoms with Crippen molar-refractivity contribution in [3.05, 3.63) is 59.7 Å². The molecule has 0 aliphatic heterocycles. The second-order valence-corrected chi connectivity index (χ2v) is 7.71. The number of benzene rings is 2. The van der Waals surface area contributed by atoms with Crippen molar-refractivity contribution < 1.29 is 14.3 Å². The van der Waals surface area contributed by atoms with Crippen molar-refractivity contribution >= 4 is 34.8 Å². The largest absolute Gasteiger partial charge is 0.494 e. The molecule has 0 saturated heterocycles. The molecule has 0 aliphatic carbocycles. The Morgan fingerprint density at radius 2 is 1.77 bits per heavy atom. The number of hydrogen-bond acceptors (Lipinski definition) is 4. The van der Waals surface area contributed by atoms with Crippen molar-refractivity contribution in [2.24, 2.45) is 5.92 Å². The van der Waals surface area contributed by atoms with E-state index in [4.69, 9.17) is 17.0 Å². The smallest absolute Gasteiger partial charge is 0.257 e. The first-order valence-corrected chi connectivity index (χ1v) is 10.5. The molecule has 6 nitrogen and oxygen atoms in total. The summed E-state index contributed by atoms with van der Waals surface area (Å²) in [4.78, 5) is 24.4. The maximum Gasteiger partial charge on any atom is 0.257 e. The normalized spacial score (nSPS) is 10.4. The fourth-order valence-corrected chi connectivity index (χ4v) is 2.73. The van der Waals surface area contributed by atoms with Gasteiger partial charge in [0.2, 0.25) is 0 Å². The molecule has 2 amide bonds. The van der Waals surface area contributed by atoms with Gasteiger partial charge in [-0.2, -0.15) is 0 Å². The molecule has 0 spiro atoms. The number of amides is 2. The van der Waals surface area contributed by atoms with Gasteiger partial charge in [-0.1, -0.05) is 26.8 Å². The lowest BCUT2D eigenvalue weighted by Crippen LogP contribution is -2.34. The summed E-state index contributed by atoms with van der Waals surface area (Å²) in [6.45, 7) is 7.51. The number of carbonyl (C=O) groups excluding carboxylic acids is 2. The average molecular weight is 428 g/mol. The summed E-state index contributed by atoms with van der Waals surface area (Å²) < 4.78 is 5.70. The van der Waals surface area contributed by atoms with Crippen molar-refractivity contribution in [3.8, 4) is 5.75 Å². The number of hydrogen-bond donors (Lipinski definition) is 3. The van der Waals surface area contributed by atoms with Gasteiger partial charge in [-0.3, -0.25) is 14.9 Å². The SMILES string of the molecule is CCCNC(=O)c1ccc(NC(=S)NC(=O)c2cccc(OCCC(C)C)c2)cc1. The van der Waals surface area contributed by atoms with Crippen LogP contribution in [0.2, 0.25) is 0 Å². The van der Waals surface area contributed by atoms with E-state index in [0.717, 1.165) is 12.8 Å². The van der Waals surface area contributed by atoms with Crippen LogP contribution in [0.3, 0.4) is 0 Å². The van der Waals surface area contributed by atoms with Gasteiger partial charge < -0.3 is 15.4 Å². The van der Waals surface area contributed by atoms with Gasteiger partial charge in [0.25, 0.3) is 11.8 Å². The Bertz CT molecular complexity index is 866. The van der Waals surface area contributed by atoms with Gasteiger partial charge in [0.15, 0.2) is 5.11 Å². The maximum atomic E-state index is 12.5. The average Bonchev–Trinajstić information content (AvgIpc) is 2.72. The van der Waals surface area contributed by atoms with Crippen LogP contribution in [0.25, 0.3) is 0 Å². The minimum atomic E-state index is -0.322. The number of carbonyl (C=O) groups is 2. The Morgan fingerprint density at radius 3 is 2.43 bits per heavy atom. The molecule has 0 aromatic heterocycles. The molecule has 0 radical (unpaired) electrons. The van der Waals surface area contributed by atoms with Crippen molar-refractivity contribution in [2.45, 2.75) is 33.6 Å². The van der Waals surface area contributed by atoms with E-state index in [1.54, 1.807) is 42.5 Å². The highest BCUT2D eigenvalue weighted by Gasteiger charge is 2.10. The molecule has 30 heavy (non-hydrogen) atoms. The summed E-state index contributed by atoms with van der Waals surface area (Å²) in [7, 11) is 0. The molecule has 0 fully saturated rings. The van der Waals surface area contributed by atoms with Gasteiger partial charge in [0.1, 0.15) is 5.75 Å². The van der Waals surface area contributed by atoms with Crippen LogP contribution >= 0.6 is 12.2 Å². The third-order valence-corrected chi connectivity index (χ3v) is 4.43. The molecule has 3 N–H and O–H groups in total. The minimum absolute atomic E-state index is 0.116. The Labute approximate surface area is 183 Å². The summed E-state index contributed by atoms with van der Waals surface area (Å²) in [5, 5.41) is 8.61. The van der Waals surface area contributed by atoms with E-state index in [1.807, 2.05) is 13.0 Å². The van der Waals surface area contributed by atoms with Crippen LogP contribution in [0.5, 0.6) is 5.75 Å². The van der Waals surface area contributed by atoms with Crippen LogP contribution in [0.1, 0.15) is 54.3 Å². The Balaban J connectivity index is 1.88. The lowest BCUT2D eigenvalue weighted by Gasteiger charge is -2.12. The quantitative estimate of drug-likeness (QED) is 0.518. The Hall–Kier alpha value is -2.93. The van der Waals surface area contributed by atoms with Gasteiger partial charge in [0, 0.05) is 23.4 Å². The van der Waals surface area contributed by atoms with E-state index >= 15 is 0 Å².